The van der Waals surface area contributed by atoms with Gasteiger partial charge in [0.2, 0.25) is 0 Å². The van der Waals surface area contributed by atoms with E-state index in [0.717, 1.165) is 12.3 Å². The molecule has 1 unspecified atom stereocenters. The summed E-state index contributed by atoms with van der Waals surface area (Å²) in [6, 6.07) is 1.13. The van der Waals surface area contributed by atoms with Crippen LogP contribution < -0.4 is 5.32 Å². The van der Waals surface area contributed by atoms with Gasteiger partial charge in [-0.2, -0.15) is 0 Å². The number of ether oxygens (including phenoxy) is 1. The number of hydrogen-bond donors (Lipinski definition) is 2. The Balaban J connectivity index is 2.93. The zero-order chi connectivity index (χ0) is 13.7. The van der Waals surface area contributed by atoms with Crippen LogP contribution in [0, 0.1) is 10.1 Å². The van der Waals surface area contributed by atoms with Gasteiger partial charge in [0.1, 0.15) is 17.6 Å². The molecule has 0 saturated carbocycles. The van der Waals surface area contributed by atoms with Crippen LogP contribution in [0.5, 0.6) is 0 Å². The summed E-state index contributed by atoms with van der Waals surface area (Å²) in [5.41, 5.74) is -0.935. The van der Waals surface area contributed by atoms with E-state index in [0.29, 0.717) is 6.54 Å². The number of carboxylic acids is 1. The number of rotatable bonds is 6. The Hall–Kier alpha value is -2.22. The molecular weight excluding hydrogens is 242 g/mol. The van der Waals surface area contributed by atoms with Gasteiger partial charge in [-0.05, 0) is 6.92 Å². The molecule has 1 aromatic heterocycles. The number of carbonyl (C=O) groups is 1. The molecule has 0 spiro atoms. The molecule has 0 aliphatic rings. The van der Waals surface area contributed by atoms with Crippen LogP contribution in [0.1, 0.15) is 17.3 Å². The smallest absolute Gasteiger partial charge is 0.342 e. The van der Waals surface area contributed by atoms with Gasteiger partial charge in [-0.15, -0.1) is 0 Å². The summed E-state index contributed by atoms with van der Waals surface area (Å²) in [6.07, 6.45) is 0.832. The maximum absolute atomic E-state index is 10.9. The Bertz CT molecular complexity index is 463. The third-order valence-corrected chi connectivity index (χ3v) is 2.28. The summed E-state index contributed by atoms with van der Waals surface area (Å²) in [7, 11) is 1.54. The van der Waals surface area contributed by atoms with Crippen molar-refractivity contribution in [2.45, 2.75) is 13.0 Å². The van der Waals surface area contributed by atoms with Crippen LogP contribution in [-0.4, -0.2) is 40.7 Å². The fourth-order valence-electron chi connectivity index (χ4n) is 1.19. The molecule has 18 heavy (non-hydrogen) atoms. The molecule has 1 aromatic rings. The molecule has 0 bridgehead atoms. The van der Waals surface area contributed by atoms with Crippen molar-refractivity contribution in [2.24, 2.45) is 0 Å². The summed E-state index contributed by atoms with van der Waals surface area (Å²) in [5.74, 6) is -1.12. The van der Waals surface area contributed by atoms with E-state index < -0.39 is 22.1 Å². The van der Waals surface area contributed by atoms with Crippen LogP contribution in [0.2, 0.25) is 0 Å². The average Bonchev–Trinajstić information content (AvgIpc) is 2.35. The summed E-state index contributed by atoms with van der Waals surface area (Å²) in [5, 5.41) is 22.3. The van der Waals surface area contributed by atoms with Crippen molar-refractivity contribution in [3.05, 3.63) is 27.9 Å². The molecule has 0 radical (unpaired) electrons. The van der Waals surface area contributed by atoms with Gasteiger partial charge in [-0.1, -0.05) is 0 Å². The first-order valence-corrected chi connectivity index (χ1v) is 5.10. The van der Waals surface area contributed by atoms with Crippen LogP contribution >= 0.6 is 0 Å². The van der Waals surface area contributed by atoms with Gasteiger partial charge in [0.25, 0.3) is 0 Å². The van der Waals surface area contributed by atoms with Crippen molar-refractivity contribution >= 4 is 17.5 Å². The molecule has 1 atom stereocenters. The molecule has 0 aromatic carbocycles. The third kappa shape index (κ3) is 3.39. The Morgan fingerprint density at radius 2 is 2.39 bits per heavy atom. The SMILES string of the molecule is COC(C)CNc1cc(C(=O)O)c([N+](=O)[O-])cn1. The minimum atomic E-state index is -1.37. The second-order valence-electron chi connectivity index (χ2n) is 3.58. The van der Waals surface area contributed by atoms with Crippen molar-refractivity contribution in [3.63, 3.8) is 0 Å². The molecule has 98 valence electrons. The van der Waals surface area contributed by atoms with Crippen LogP contribution in [0.15, 0.2) is 12.3 Å². The number of nitrogens with zero attached hydrogens (tertiary/aromatic N) is 2. The summed E-state index contributed by atoms with van der Waals surface area (Å²) in [6.45, 7) is 2.23. The van der Waals surface area contributed by atoms with Crippen LogP contribution in [0.3, 0.4) is 0 Å². The molecule has 8 nitrogen and oxygen atoms in total. The van der Waals surface area contributed by atoms with Gasteiger partial charge in [0, 0.05) is 19.7 Å². The van der Waals surface area contributed by atoms with E-state index in [1.54, 1.807) is 0 Å². The molecule has 0 fully saturated rings. The summed E-state index contributed by atoms with van der Waals surface area (Å²) in [4.78, 5) is 24.5. The predicted molar refractivity (Wildman–Crippen MR) is 62.8 cm³/mol. The predicted octanol–water partition coefficient (Wildman–Crippen LogP) is 1.13. The Kier molecular flexibility index (Phi) is 4.55. The molecule has 8 heteroatoms. The molecule has 1 rings (SSSR count). The van der Waals surface area contributed by atoms with Gasteiger partial charge >= 0.3 is 11.7 Å². The lowest BCUT2D eigenvalue weighted by Gasteiger charge is -2.11. The number of nitrogens with one attached hydrogen (secondary N) is 1. The normalized spacial score (nSPS) is 11.9. The number of anilines is 1. The summed E-state index contributed by atoms with van der Waals surface area (Å²) < 4.78 is 5.00. The first kappa shape index (κ1) is 13.8. The topological polar surface area (TPSA) is 115 Å². The second kappa shape index (κ2) is 5.92. The maximum Gasteiger partial charge on any atom is 0.342 e. The zero-order valence-electron chi connectivity index (χ0n) is 9.91. The van der Waals surface area contributed by atoms with E-state index in [4.69, 9.17) is 9.84 Å². The first-order valence-electron chi connectivity index (χ1n) is 5.10. The fraction of sp³-hybridized carbons (Fsp3) is 0.400. The Morgan fingerprint density at radius 3 is 2.89 bits per heavy atom. The lowest BCUT2D eigenvalue weighted by Crippen LogP contribution is -2.19. The largest absolute Gasteiger partial charge is 0.477 e. The molecular formula is C10H13N3O5. The van der Waals surface area contributed by atoms with E-state index in [2.05, 4.69) is 10.3 Å². The number of pyridine rings is 1. The Morgan fingerprint density at radius 1 is 1.72 bits per heavy atom. The van der Waals surface area contributed by atoms with Gasteiger partial charge in [0.15, 0.2) is 0 Å². The van der Waals surface area contributed by atoms with Gasteiger partial charge in [0.05, 0.1) is 11.0 Å². The van der Waals surface area contributed by atoms with Crippen LogP contribution in [0.4, 0.5) is 11.5 Å². The third-order valence-electron chi connectivity index (χ3n) is 2.28. The van der Waals surface area contributed by atoms with Crippen molar-refractivity contribution in [3.8, 4) is 0 Å². The minimum absolute atomic E-state index is 0.0877. The summed E-state index contributed by atoms with van der Waals surface area (Å²) >= 11 is 0. The second-order valence-corrected chi connectivity index (χ2v) is 3.58. The van der Waals surface area contributed by atoms with Crippen molar-refractivity contribution < 1.29 is 19.6 Å². The lowest BCUT2D eigenvalue weighted by atomic mass is 10.2. The number of carboxylic acid groups (broad SMARTS) is 1. The van der Waals surface area contributed by atoms with Crippen molar-refractivity contribution in [1.82, 2.24) is 4.98 Å². The van der Waals surface area contributed by atoms with Gasteiger partial charge in [-0.3, -0.25) is 10.1 Å². The standard InChI is InChI=1S/C10H13N3O5/c1-6(18-2)4-11-9-3-7(10(14)15)8(5-12-9)13(16)17/h3,5-6H,4H2,1-2H3,(H,11,12)(H,14,15). The number of hydrogen-bond acceptors (Lipinski definition) is 6. The molecule has 0 aliphatic carbocycles. The first-order chi connectivity index (χ1) is 8.45. The molecule has 2 N–H and O–H groups in total. The number of aromatic nitrogens is 1. The van der Waals surface area contributed by atoms with E-state index in [1.807, 2.05) is 6.92 Å². The highest BCUT2D eigenvalue weighted by Crippen LogP contribution is 2.20. The Labute approximate surface area is 103 Å². The highest BCUT2D eigenvalue weighted by molar-refractivity contribution is 5.93. The van der Waals surface area contributed by atoms with E-state index in [9.17, 15) is 14.9 Å². The number of nitro groups is 1. The number of methoxy groups -OCH3 is 1. The van der Waals surface area contributed by atoms with Crippen molar-refractivity contribution in [1.29, 1.82) is 0 Å². The lowest BCUT2D eigenvalue weighted by molar-refractivity contribution is -0.385. The minimum Gasteiger partial charge on any atom is -0.477 e. The highest BCUT2D eigenvalue weighted by atomic mass is 16.6. The van der Waals surface area contributed by atoms with E-state index >= 15 is 0 Å². The molecule has 0 saturated heterocycles. The quantitative estimate of drug-likeness (QED) is 0.578. The monoisotopic (exact) mass is 255 g/mol. The average molecular weight is 255 g/mol. The maximum atomic E-state index is 10.9. The molecule has 0 aliphatic heterocycles. The van der Waals surface area contributed by atoms with E-state index in [-0.39, 0.29) is 11.9 Å². The van der Waals surface area contributed by atoms with Crippen molar-refractivity contribution in [2.75, 3.05) is 19.0 Å². The van der Waals surface area contributed by atoms with E-state index in [1.165, 1.54) is 7.11 Å². The molecule has 1 heterocycles. The highest BCUT2D eigenvalue weighted by Gasteiger charge is 2.21. The van der Waals surface area contributed by atoms with Crippen LogP contribution in [-0.2, 0) is 4.74 Å². The van der Waals surface area contributed by atoms with Gasteiger partial charge in [-0.25, -0.2) is 9.78 Å². The van der Waals surface area contributed by atoms with Crippen LogP contribution in [0.25, 0.3) is 0 Å². The van der Waals surface area contributed by atoms with Gasteiger partial charge < -0.3 is 15.2 Å². The zero-order valence-corrected chi connectivity index (χ0v) is 9.91. The molecule has 0 amide bonds. The number of aromatic carboxylic acids is 1. The fourth-order valence-corrected chi connectivity index (χ4v) is 1.19.